The van der Waals surface area contributed by atoms with Crippen molar-refractivity contribution >= 4 is 12.0 Å². The first kappa shape index (κ1) is 19.0. The van der Waals surface area contributed by atoms with E-state index in [0.29, 0.717) is 13.1 Å². The number of piperidine rings is 1. The number of benzene rings is 1. The molecule has 25 heavy (non-hydrogen) atoms. The van der Waals surface area contributed by atoms with Crippen molar-refractivity contribution in [1.82, 2.24) is 9.80 Å². The summed E-state index contributed by atoms with van der Waals surface area (Å²) in [5.74, 6) is -0.177. The molecular weight excluding hydrogens is 316 g/mol. The van der Waals surface area contributed by atoms with Crippen LogP contribution in [0, 0.1) is 0 Å². The van der Waals surface area contributed by atoms with Gasteiger partial charge in [0, 0.05) is 13.1 Å². The lowest BCUT2D eigenvalue weighted by Gasteiger charge is -2.42. The summed E-state index contributed by atoms with van der Waals surface area (Å²) in [6.07, 6.45) is 3.26. The molecule has 1 saturated heterocycles. The van der Waals surface area contributed by atoms with Crippen LogP contribution in [0.2, 0.25) is 0 Å². The Kier molecular flexibility index (Phi) is 6.23. The SMILES string of the molecule is C=CC(=O)N(Cc1ccccc1)C1CCCCN1C(=O)OC(C)(C)C. The molecule has 0 N–H and O–H groups in total. The lowest BCUT2D eigenvalue weighted by atomic mass is 10.1. The molecule has 0 radical (unpaired) electrons. The third-order valence-corrected chi connectivity index (χ3v) is 4.11. The molecule has 0 aromatic heterocycles. The van der Waals surface area contributed by atoms with Gasteiger partial charge < -0.3 is 9.64 Å². The average Bonchev–Trinajstić information content (AvgIpc) is 2.58. The lowest BCUT2D eigenvalue weighted by molar-refractivity contribution is -0.134. The Hall–Kier alpha value is -2.30. The number of carbonyl (C=O) groups excluding carboxylic acids is 2. The average molecular weight is 344 g/mol. The van der Waals surface area contributed by atoms with E-state index in [2.05, 4.69) is 6.58 Å². The first-order valence-electron chi connectivity index (χ1n) is 8.78. The van der Waals surface area contributed by atoms with Crippen LogP contribution < -0.4 is 0 Å². The van der Waals surface area contributed by atoms with E-state index in [-0.39, 0.29) is 18.2 Å². The molecule has 2 amide bonds. The van der Waals surface area contributed by atoms with E-state index in [0.717, 1.165) is 24.8 Å². The Bertz CT molecular complexity index is 607. The van der Waals surface area contributed by atoms with E-state index in [1.54, 1.807) is 9.80 Å². The van der Waals surface area contributed by atoms with Crippen LogP contribution in [0.4, 0.5) is 4.79 Å². The fourth-order valence-corrected chi connectivity index (χ4v) is 3.00. The van der Waals surface area contributed by atoms with Gasteiger partial charge in [-0.3, -0.25) is 9.69 Å². The molecule has 2 rings (SSSR count). The van der Waals surface area contributed by atoms with Gasteiger partial charge >= 0.3 is 6.09 Å². The van der Waals surface area contributed by atoms with Gasteiger partial charge in [-0.2, -0.15) is 0 Å². The number of hydrogen-bond acceptors (Lipinski definition) is 3. The minimum absolute atomic E-state index is 0.177. The molecule has 5 heteroatoms. The number of ether oxygens (including phenoxy) is 1. The molecule has 0 spiro atoms. The van der Waals surface area contributed by atoms with Crippen molar-refractivity contribution in [2.45, 2.75) is 58.3 Å². The zero-order chi connectivity index (χ0) is 18.4. The van der Waals surface area contributed by atoms with Crippen molar-refractivity contribution in [3.05, 3.63) is 48.6 Å². The van der Waals surface area contributed by atoms with E-state index in [9.17, 15) is 9.59 Å². The Morgan fingerprint density at radius 3 is 2.56 bits per heavy atom. The normalized spacial score (nSPS) is 17.7. The highest BCUT2D eigenvalue weighted by molar-refractivity contribution is 5.87. The molecule has 1 fully saturated rings. The van der Waals surface area contributed by atoms with Crippen molar-refractivity contribution < 1.29 is 14.3 Å². The summed E-state index contributed by atoms with van der Waals surface area (Å²) in [6, 6.07) is 9.78. The summed E-state index contributed by atoms with van der Waals surface area (Å²) in [6.45, 7) is 10.2. The largest absolute Gasteiger partial charge is 0.444 e. The first-order chi connectivity index (χ1) is 11.8. The number of rotatable bonds is 4. The number of hydrogen-bond donors (Lipinski definition) is 0. The minimum Gasteiger partial charge on any atom is -0.444 e. The second kappa shape index (κ2) is 8.19. The van der Waals surface area contributed by atoms with E-state index in [1.165, 1.54) is 6.08 Å². The lowest BCUT2D eigenvalue weighted by Crippen LogP contribution is -2.55. The predicted molar refractivity (Wildman–Crippen MR) is 97.8 cm³/mol. The molecule has 0 saturated carbocycles. The summed E-state index contributed by atoms with van der Waals surface area (Å²) < 4.78 is 5.54. The molecule has 1 aromatic rings. The van der Waals surface area contributed by atoms with Gasteiger partial charge in [0.25, 0.3) is 0 Å². The summed E-state index contributed by atoms with van der Waals surface area (Å²) >= 11 is 0. The van der Waals surface area contributed by atoms with Gasteiger partial charge in [-0.1, -0.05) is 36.9 Å². The third kappa shape index (κ3) is 5.34. The minimum atomic E-state index is -0.564. The van der Waals surface area contributed by atoms with E-state index in [4.69, 9.17) is 4.74 Å². The fourth-order valence-electron chi connectivity index (χ4n) is 3.00. The number of likely N-dealkylation sites (tertiary alicyclic amines) is 1. The molecule has 1 aromatic carbocycles. The van der Waals surface area contributed by atoms with Crippen LogP contribution in [-0.2, 0) is 16.1 Å². The maximum Gasteiger partial charge on any atom is 0.411 e. The highest BCUT2D eigenvalue weighted by atomic mass is 16.6. The second-order valence-electron chi connectivity index (χ2n) is 7.31. The second-order valence-corrected chi connectivity index (χ2v) is 7.31. The van der Waals surface area contributed by atoms with Crippen LogP contribution in [0.3, 0.4) is 0 Å². The van der Waals surface area contributed by atoms with Crippen molar-refractivity contribution in [3.8, 4) is 0 Å². The van der Waals surface area contributed by atoms with Crippen LogP contribution in [0.5, 0.6) is 0 Å². The number of carbonyl (C=O) groups is 2. The standard InChI is InChI=1S/C20H28N2O3/c1-5-18(23)22(15-16-11-7-6-8-12-16)17-13-9-10-14-21(17)19(24)25-20(2,3)4/h5-8,11-12,17H,1,9-10,13-15H2,2-4H3. The topological polar surface area (TPSA) is 49.9 Å². The van der Waals surface area contributed by atoms with Crippen LogP contribution >= 0.6 is 0 Å². The fraction of sp³-hybridized carbons (Fsp3) is 0.500. The molecule has 1 aliphatic heterocycles. The highest BCUT2D eigenvalue weighted by Crippen LogP contribution is 2.25. The Labute approximate surface area is 150 Å². The molecule has 5 nitrogen and oxygen atoms in total. The van der Waals surface area contributed by atoms with E-state index < -0.39 is 5.60 Å². The monoisotopic (exact) mass is 344 g/mol. The van der Waals surface area contributed by atoms with Crippen LogP contribution in [0.1, 0.15) is 45.6 Å². The summed E-state index contributed by atoms with van der Waals surface area (Å²) in [7, 11) is 0. The molecule has 0 aliphatic carbocycles. The number of amides is 2. The van der Waals surface area contributed by atoms with Gasteiger partial charge in [-0.05, 0) is 51.7 Å². The van der Waals surface area contributed by atoms with Crippen molar-refractivity contribution in [2.75, 3.05) is 6.54 Å². The Balaban J connectivity index is 2.24. The third-order valence-electron chi connectivity index (χ3n) is 4.11. The molecule has 1 unspecified atom stereocenters. The zero-order valence-corrected chi connectivity index (χ0v) is 15.4. The summed E-state index contributed by atoms with van der Waals surface area (Å²) in [4.78, 5) is 28.5. The molecule has 1 atom stereocenters. The highest BCUT2D eigenvalue weighted by Gasteiger charge is 2.35. The maximum atomic E-state index is 12.6. The maximum absolute atomic E-state index is 12.6. The van der Waals surface area contributed by atoms with Crippen LogP contribution in [-0.4, -0.2) is 40.1 Å². The van der Waals surface area contributed by atoms with Gasteiger partial charge in [0.2, 0.25) is 5.91 Å². The van der Waals surface area contributed by atoms with Gasteiger partial charge in [-0.25, -0.2) is 4.79 Å². The van der Waals surface area contributed by atoms with Gasteiger partial charge in [0.15, 0.2) is 0 Å². The molecule has 1 heterocycles. The molecular formula is C20H28N2O3. The molecule has 0 bridgehead atoms. The van der Waals surface area contributed by atoms with Gasteiger partial charge in [-0.15, -0.1) is 0 Å². The molecule has 1 aliphatic rings. The Morgan fingerprint density at radius 1 is 1.28 bits per heavy atom. The summed E-state index contributed by atoms with van der Waals surface area (Å²) in [5, 5.41) is 0. The van der Waals surface area contributed by atoms with Gasteiger partial charge in [0.05, 0.1) is 0 Å². The van der Waals surface area contributed by atoms with Crippen LogP contribution in [0.15, 0.2) is 43.0 Å². The number of nitrogens with zero attached hydrogens (tertiary/aromatic N) is 2. The Morgan fingerprint density at radius 2 is 1.96 bits per heavy atom. The van der Waals surface area contributed by atoms with Gasteiger partial charge in [0.1, 0.15) is 11.8 Å². The van der Waals surface area contributed by atoms with E-state index in [1.807, 2.05) is 51.1 Å². The molecule has 136 valence electrons. The predicted octanol–water partition coefficient (Wildman–Crippen LogP) is 3.95. The zero-order valence-electron chi connectivity index (χ0n) is 15.4. The quantitative estimate of drug-likeness (QED) is 0.777. The first-order valence-corrected chi connectivity index (χ1v) is 8.78. The summed E-state index contributed by atoms with van der Waals surface area (Å²) in [5.41, 5.74) is 0.457. The van der Waals surface area contributed by atoms with Crippen molar-refractivity contribution in [2.24, 2.45) is 0 Å². The smallest absolute Gasteiger partial charge is 0.411 e. The van der Waals surface area contributed by atoms with Crippen molar-refractivity contribution in [3.63, 3.8) is 0 Å². The van der Waals surface area contributed by atoms with Crippen molar-refractivity contribution in [1.29, 1.82) is 0 Å². The van der Waals surface area contributed by atoms with E-state index >= 15 is 0 Å². The van der Waals surface area contributed by atoms with Crippen LogP contribution in [0.25, 0.3) is 0 Å².